The van der Waals surface area contributed by atoms with Crippen LogP contribution in [0, 0.1) is 34.5 Å². The van der Waals surface area contributed by atoms with Gasteiger partial charge in [-0.15, -0.1) is 0 Å². The lowest BCUT2D eigenvalue weighted by Gasteiger charge is -2.39. The second-order valence-electron chi connectivity index (χ2n) is 7.88. The molecule has 1 aromatic carbocycles. The van der Waals surface area contributed by atoms with Gasteiger partial charge < -0.3 is 9.88 Å². The first-order valence-electron chi connectivity index (χ1n) is 10.1. The minimum Gasteiger partial charge on any atom is -0.377 e. The smallest absolute Gasteiger partial charge is 0.330 e. The fourth-order valence-corrected chi connectivity index (χ4v) is 4.86. The van der Waals surface area contributed by atoms with Crippen molar-refractivity contribution in [2.24, 2.45) is 25.9 Å². The summed E-state index contributed by atoms with van der Waals surface area (Å²) in [6.45, 7) is 0. The number of benzene rings is 1. The minimum atomic E-state index is -0.458. The Balaban J connectivity index is 1.99. The highest BCUT2D eigenvalue weighted by Crippen LogP contribution is 2.44. The third kappa shape index (κ3) is 3.53. The van der Waals surface area contributed by atoms with E-state index in [1.165, 1.54) is 11.6 Å². The Kier molecular flexibility index (Phi) is 5.73. The molecule has 0 saturated carbocycles. The molecule has 160 valence electrons. The third-order valence-electron chi connectivity index (χ3n) is 6.20. The van der Waals surface area contributed by atoms with E-state index in [-0.39, 0.29) is 23.0 Å². The first kappa shape index (κ1) is 21.6. The Morgan fingerprint density at radius 2 is 1.78 bits per heavy atom. The van der Waals surface area contributed by atoms with Gasteiger partial charge in [0.15, 0.2) is 0 Å². The second-order valence-corrected chi connectivity index (χ2v) is 8.80. The first-order valence-corrected chi connectivity index (χ1v) is 10.9. The van der Waals surface area contributed by atoms with Gasteiger partial charge in [0, 0.05) is 35.9 Å². The Morgan fingerprint density at radius 3 is 2.44 bits per heavy atom. The van der Waals surface area contributed by atoms with Crippen molar-refractivity contribution in [2.45, 2.75) is 12.5 Å². The summed E-state index contributed by atoms with van der Waals surface area (Å²) < 4.78 is 3.55. The molecule has 1 aromatic heterocycles. The van der Waals surface area contributed by atoms with Gasteiger partial charge in [0.2, 0.25) is 0 Å². The largest absolute Gasteiger partial charge is 0.377 e. The van der Waals surface area contributed by atoms with E-state index < -0.39 is 11.7 Å². The molecule has 32 heavy (non-hydrogen) atoms. The van der Waals surface area contributed by atoms with Crippen LogP contribution in [0.5, 0.6) is 0 Å². The number of hydrogen-bond donors (Lipinski definition) is 1. The Morgan fingerprint density at radius 1 is 1.09 bits per heavy atom. The molecular weight excluding hydrogens is 470 g/mol. The molecule has 7 nitrogen and oxygen atoms in total. The normalized spacial score (nSPS) is 21.0. The van der Waals surface area contributed by atoms with E-state index in [2.05, 4.69) is 21.2 Å². The number of anilines is 1. The molecule has 0 spiro atoms. The third-order valence-corrected chi connectivity index (χ3v) is 6.73. The van der Waals surface area contributed by atoms with Gasteiger partial charge in [-0.1, -0.05) is 40.2 Å². The van der Waals surface area contributed by atoms with Crippen molar-refractivity contribution in [2.75, 3.05) is 5.32 Å². The highest BCUT2D eigenvalue weighted by Gasteiger charge is 2.41. The molecule has 0 fully saturated rings. The van der Waals surface area contributed by atoms with Gasteiger partial charge >= 0.3 is 5.69 Å². The highest BCUT2D eigenvalue weighted by atomic mass is 79.9. The number of nitrogens with one attached hydrogen (secondary N) is 1. The monoisotopic (exact) mass is 489 g/mol. The molecule has 3 atom stereocenters. The van der Waals surface area contributed by atoms with Crippen LogP contribution >= 0.6 is 15.9 Å². The van der Waals surface area contributed by atoms with Gasteiger partial charge in [-0.25, -0.2) is 4.79 Å². The zero-order chi connectivity index (χ0) is 23.0. The fraction of sp³-hybridized carbons (Fsp3) is 0.250. The average Bonchev–Trinajstić information content (AvgIpc) is 3.01. The molecule has 0 radical (unpaired) electrons. The summed E-state index contributed by atoms with van der Waals surface area (Å²) in [6, 6.07) is 11.2. The molecule has 0 unspecified atom stereocenters. The van der Waals surface area contributed by atoms with E-state index in [1.54, 1.807) is 19.2 Å². The zero-order valence-electron chi connectivity index (χ0n) is 17.5. The number of rotatable bonds is 2. The van der Waals surface area contributed by atoms with E-state index in [0.29, 0.717) is 23.3 Å². The molecule has 1 heterocycles. The summed E-state index contributed by atoms with van der Waals surface area (Å²) >= 11 is 3.43. The van der Waals surface area contributed by atoms with Crippen LogP contribution < -0.4 is 16.6 Å². The molecule has 2 aromatic rings. The highest BCUT2D eigenvalue weighted by molar-refractivity contribution is 9.10. The van der Waals surface area contributed by atoms with E-state index in [1.807, 2.05) is 48.6 Å². The van der Waals surface area contributed by atoms with Crippen molar-refractivity contribution in [1.29, 1.82) is 10.5 Å². The number of nitrogens with zero attached hydrogens (tertiary/aromatic N) is 4. The molecule has 4 rings (SSSR count). The maximum Gasteiger partial charge on any atom is 0.330 e. The van der Waals surface area contributed by atoms with Gasteiger partial charge in [0.25, 0.3) is 5.56 Å². The average molecular weight is 490 g/mol. The Bertz CT molecular complexity index is 1360. The second kappa shape index (κ2) is 8.49. The van der Waals surface area contributed by atoms with Gasteiger partial charge in [-0.05, 0) is 42.2 Å². The topological polar surface area (TPSA) is 104 Å². The molecular formula is C24H20BrN5O2. The van der Waals surface area contributed by atoms with E-state index in [4.69, 9.17) is 0 Å². The van der Waals surface area contributed by atoms with Crippen LogP contribution in [-0.2, 0) is 20.5 Å². The predicted octanol–water partition coefficient (Wildman–Crippen LogP) is 3.26. The molecule has 0 amide bonds. The summed E-state index contributed by atoms with van der Waals surface area (Å²) in [5.41, 5.74) is 1.88. The van der Waals surface area contributed by atoms with Crippen LogP contribution in [-0.4, -0.2) is 9.13 Å². The predicted molar refractivity (Wildman–Crippen MR) is 125 cm³/mol. The molecule has 0 bridgehead atoms. The van der Waals surface area contributed by atoms with E-state index >= 15 is 0 Å². The summed E-state index contributed by atoms with van der Waals surface area (Å²) in [6.07, 6.45) is 7.84. The van der Waals surface area contributed by atoms with E-state index in [9.17, 15) is 20.1 Å². The van der Waals surface area contributed by atoms with Crippen LogP contribution in [0.1, 0.15) is 17.3 Å². The molecule has 2 aliphatic rings. The fourth-order valence-electron chi connectivity index (χ4n) is 4.60. The number of nitriles is 2. The summed E-state index contributed by atoms with van der Waals surface area (Å²) in [5.74, 6) is -0.462. The SMILES string of the molecule is Cn1c2c(c(=O)n(C)c1=O)[C@@H](Nc1ccc(Br)cc1)[C@@H]1C=CC=CC(=C(C#N)C#N)[C@@H]1C2. The lowest BCUT2D eigenvalue weighted by Crippen LogP contribution is -2.47. The van der Waals surface area contributed by atoms with Crippen LogP contribution in [0.4, 0.5) is 5.69 Å². The van der Waals surface area contributed by atoms with Gasteiger partial charge in [-0.2, -0.15) is 10.5 Å². The van der Waals surface area contributed by atoms with Crippen molar-refractivity contribution in [3.8, 4) is 12.1 Å². The zero-order valence-corrected chi connectivity index (χ0v) is 19.1. The summed E-state index contributed by atoms with van der Waals surface area (Å²) in [7, 11) is 3.13. The maximum absolute atomic E-state index is 13.3. The Hall–Kier alpha value is -3.62. The first-order chi connectivity index (χ1) is 15.4. The minimum absolute atomic E-state index is 0.0413. The lowest BCUT2D eigenvalue weighted by atomic mass is 9.70. The van der Waals surface area contributed by atoms with Crippen molar-refractivity contribution in [3.63, 3.8) is 0 Å². The van der Waals surface area contributed by atoms with Crippen molar-refractivity contribution in [3.05, 3.63) is 96.3 Å². The van der Waals surface area contributed by atoms with Crippen LogP contribution in [0.2, 0.25) is 0 Å². The summed E-state index contributed by atoms with van der Waals surface area (Å²) in [5, 5.41) is 22.6. The quantitative estimate of drug-likeness (QED) is 0.651. The van der Waals surface area contributed by atoms with Gasteiger partial charge in [0.1, 0.15) is 17.7 Å². The van der Waals surface area contributed by atoms with Crippen molar-refractivity contribution < 1.29 is 0 Å². The van der Waals surface area contributed by atoms with E-state index in [0.717, 1.165) is 14.7 Å². The van der Waals surface area contributed by atoms with Gasteiger partial charge in [0.05, 0.1) is 11.6 Å². The number of halogens is 1. The number of fused-ring (bicyclic) bond motifs is 2. The summed E-state index contributed by atoms with van der Waals surface area (Å²) in [4.78, 5) is 26.0. The number of aromatic nitrogens is 2. The molecule has 1 N–H and O–H groups in total. The lowest BCUT2D eigenvalue weighted by molar-refractivity contribution is 0.357. The number of hydrogen-bond acceptors (Lipinski definition) is 5. The van der Waals surface area contributed by atoms with Crippen molar-refractivity contribution in [1.82, 2.24) is 9.13 Å². The standard InChI is InChI=1S/C24H20BrN5O2/c1-29-20-11-19-17(14(12-26)13-27)5-3-4-6-18(19)22(21(20)23(31)30(2)24(29)32)28-16-9-7-15(25)8-10-16/h3-10,18-19,22,28H,11H2,1-2H3/t18-,19+,22+/m1/s1. The molecule has 2 aliphatic carbocycles. The molecule has 0 aliphatic heterocycles. The Labute approximate surface area is 193 Å². The maximum atomic E-state index is 13.3. The number of allylic oxidation sites excluding steroid dienone is 5. The van der Waals surface area contributed by atoms with Gasteiger partial charge in [-0.3, -0.25) is 9.36 Å². The van der Waals surface area contributed by atoms with Crippen LogP contribution in [0.3, 0.4) is 0 Å². The molecule has 0 saturated heterocycles. The van der Waals surface area contributed by atoms with Crippen LogP contribution in [0.25, 0.3) is 0 Å². The van der Waals surface area contributed by atoms with Crippen molar-refractivity contribution >= 4 is 21.6 Å². The molecule has 8 heteroatoms. The van der Waals surface area contributed by atoms with Crippen LogP contribution in [0.15, 0.2) is 73.8 Å².